The van der Waals surface area contributed by atoms with Gasteiger partial charge in [-0.25, -0.2) is 0 Å². The molecule has 0 aromatic heterocycles. The van der Waals surface area contributed by atoms with Gasteiger partial charge in [-0.1, -0.05) is 38.7 Å². The highest BCUT2D eigenvalue weighted by molar-refractivity contribution is 5.19. The molecule has 1 N–H and O–H groups in total. The van der Waals surface area contributed by atoms with E-state index >= 15 is 0 Å². The third-order valence-electron chi connectivity index (χ3n) is 1.85. The molecule has 0 atom stereocenters. The average molecular weight is 140 g/mol. The van der Waals surface area contributed by atoms with Crippen LogP contribution in [0.3, 0.4) is 0 Å². The van der Waals surface area contributed by atoms with Crippen LogP contribution in [-0.2, 0) is 0 Å². The molecule has 0 spiro atoms. The van der Waals surface area contributed by atoms with Crippen LogP contribution in [0.1, 0.15) is 20.3 Å². The Balaban J connectivity index is 4.08. The third kappa shape index (κ3) is 2.36. The van der Waals surface area contributed by atoms with Gasteiger partial charge in [-0.15, -0.1) is 0 Å². The molecule has 0 saturated heterocycles. The summed E-state index contributed by atoms with van der Waals surface area (Å²) in [5.41, 5.74) is 0.984. The SMILES string of the molecule is C=CC(=C)C(C)(C)CCO. The number of hydrogen-bond acceptors (Lipinski definition) is 1. The van der Waals surface area contributed by atoms with Gasteiger partial charge in [0.2, 0.25) is 0 Å². The van der Waals surface area contributed by atoms with Gasteiger partial charge in [-0.05, 0) is 11.8 Å². The van der Waals surface area contributed by atoms with E-state index in [2.05, 4.69) is 13.2 Å². The van der Waals surface area contributed by atoms with E-state index in [0.29, 0.717) is 0 Å². The molecular formula is C9H16O. The molecule has 0 unspecified atom stereocenters. The Morgan fingerprint density at radius 3 is 2.40 bits per heavy atom. The fourth-order valence-electron chi connectivity index (χ4n) is 0.716. The fourth-order valence-corrected chi connectivity index (χ4v) is 0.716. The van der Waals surface area contributed by atoms with Crippen LogP contribution in [0, 0.1) is 5.41 Å². The predicted molar refractivity (Wildman–Crippen MR) is 44.8 cm³/mol. The highest BCUT2D eigenvalue weighted by Gasteiger charge is 2.18. The Morgan fingerprint density at radius 2 is 2.10 bits per heavy atom. The molecule has 0 fully saturated rings. The molecule has 0 amide bonds. The maximum Gasteiger partial charge on any atom is 0.0439 e. The molecule has 0 bridgehead atoms. The van der Waals surface area contributed by atoms with Crippen molar-refractivity contribution in [3.8, 4) is 0 Å². The largest absolute Gasteiger partial charge is 0.396 e. The van der Waals surface area contributed by atoms with E-state index in [1.165, 1.54) is 0 Å². The first-order chi connectivity index (χ1) is 4.54. The molecule has 0 aromatic rings. The van der Waals surface area contributed by atoms with Gasteiger partial charge in [-0.2, -0.15) is 0 Å². The summed E-state index contributed by atoms with van der Waals surface area (Å²) in [7, 11) is 0. The van der Waals surface area contributed by atoms with Crippen LogP contribution in [0.4, 0.5) is 0 Å². The van der Waals surface area contributed by atoms with Gasteiger partial charge in [0, 0.05) is 6.61 Å². The van der Waals surface area contributed by atoms with Crippen molar-refractivity contribution in [2.75, 3.05) is 6.61 Å². The van der Waals surface area contributed by atoms with E-state index in [-0.39, 0.29) is 12.0 Å². The summed E-state index contributed by atoms with van der Waals surface area (Å²) in [6, 6.07) is 0. The molecular weight excluding hydrogens is 124 g/mol. The zero-order chi connectivity index (χ0) is 8.20. The molecule has 1 heteroatoms. The van der Waals surface area contributed by atoms with Crippen molar-refractivity contribution < 1.29 is 5.11 Å². The lowest BCUT2D eigenvalue weighted by Gasteiger charge is -2.23. The standard InChI is InChI=1S/C9H16O/c1-5-8(2)9(3,4)6-7-10/h5,10H,1-2,6-7H2,3-4H3. The van der Waals surface area contributed by atoms with Gasteiger partial charge in [0.05, 0.1) is 0 Å². The normalized spacial score (nSPS) is 11.1. The molecule has 1 nitrogen and oxygen atoms in total. The lowest BCUT2D eigenvalue weighted by atomic mass is 9.82. The second kappa shape index (κ2) is 3.57. The summed E-state index contributed by atoms with van der Waals surface area (Å²) >= 11 is 0. The van der Waals surface area contributed by atoms with Gasteiger partial charge in [0.1, 0.15) is 0 Å². The Bertz CT molecular complexity index is 134. The van der Waals surface area contributed by atoms with Crippen LogP contribution in [0.2, 0.25) is 0 Å². The summed E-state index contributed by atoms with van der Waals surface area (Å²) in [6.45, 7) is 11.8. The molecule has 0 aliphatic heterocycles. The Morgan fingerprint density at radius 1 is 1.60 bits per heavy atom. The highest BCUT2D eigenvalue weighted by Crippen LogP contribution is 2.28. The van der Waals surface area contributed by atoms with Crippen molar-refractivity contribution >= 4 is 0 Å². The second-order valence-corrected chi connectivity index (χ2v) is 3.09. The van der Waals surface area contributed by atoms with Gasteiger partial charge in [0.15, 0.2) is 0 Å². The molecule has 0 rings (SSSR count). The number of rotatable bonds is 4. The lowest BCUT2D eigenvalue weighted by molar-refractivity contribution is 0.237. The van der Waals surface area contributed by atoms with Crippen molar-refractivity contribution in [2.45, 2.75) is 20.3 Å². The summed E-state index contributed by atoms with van der Waals surface area (Å²) < 4.78 is 0. The number of hydrogen-bond donors (Lipinski definition) is 1. The first-order valence-electron chi connectivity index (χ1n) is 3.47. The smallest absolute Gasteiger partial charge is 0.0439 e. The van der Waals surface area contributed by atoms with E-state index < -0.39 is 0 Å². The second-order valence-electron chi connectivity index (χ2n) is 3.09. The maximum absolute atomic E-state index is 8.67. The Labute approximate surface area is 63.1 Å². The van der Waals surface area contributed by atoms with Crippen molar-refractivity contribution in [1.82, 2.24) is 0 Å². The highest BCUT2D eigenvalue weighted by atomic mass is 16.3. The third-order valence-corrected chi connectivity index (χ3v) is 1.85. The maximum atomic E-state index is 8.67. The minimum Gasteiger partial charge on any atom is -0.396 e. The summed E-state index contributed by atoms with van der Waals surface area (Å²) in [5, 5.41) is 8.67. The quantitative estimate of drug-likeness (QED) is 0.593. The number of aliphatic hydroxyl groups is 1. The Kier molecular flexibility index (Phi) is 3.37. The van der Waals surface area contributed by atoms with Gasteiger partial charge >= 0.3 is 0 Å². The first kappa shape index (κ1) is 9.44. The van der Waals surface area contributed by atoms with Crippen molar-refractivity contribution in [2.24, 2.45) is 5.41 Å². The Hall–Kier alpha value is -0.560. The predicted octanol–water partition coefficient (Wildman–Crippen LogP) is 2.14. The molecule has 0 aliphatic carbocycles. The van der Waals surface area contributed by atoms with Crippen LogP contribution in [0.5, 0.6) is 0 Å². The molecule has 58 valence electrons. The van der Waals surface area contributed by atoms with Crippen molar-refractivity contribution in [1.29, 1.82) is 0 Å². The van der Waals surface area contributed by atoms with Crippen LogP contribution in [0.15, 0.2) is 24.8 Å². The van der Waals surface area contributed by atoms with Crippen molar-refractivity contribution in [3.63, 3.8) is 0 Å². The fraction of sp³-hybridized carbons (Fsp3) is 0.556. The molecule has 0 radical (unpaired) electrons. The minimum atomic E-state index is -0.00347. The molecule has 0 heterocycles. The lowest BCUT2D eigenvalue weighted by Crippen LogP contribution is -2.14. The van der Waals surface area contributed by atoms with Crippen LogP contribution in [0.25, 0.3) is 0 Å². The van der Waals surface area contributed by atoms with E-state index in [1.807, 2.05) is 13.8 Å². The van der Waals surface area contributed by atoms with Gasteiger partial charge < -0.3 is 5.11 Å². The zero-order valence-electron chi connectivity index (χ0n) is 6.85. The van der Waals surface area contributed by atoms with E-state index in [0.717, 1.165) is 12.0 Å². The van der Waals surface area contributed by atoms with Crippen molar-refractivity contribution in [3.05, 3.63) is 24.8 Å². The molecule has 0 aliphatic rings. The van der Waals surface area contributed by atoms with Crippen LogP contribution >= 0.6 is 0 Å². The summed E-state index contributed by atoms with van der Waals surface area (Å²) in [5.74, 6) is 0. The average Bonchev–Trinajstić information content (AvgIpc) is 1.86. The van der Waals surface area contributed by atoms with Gasteiger partial charge in [-0.3, -0.25) is 0 Å². The summed E-state index contributed by atoms with van der Waals surface area (Å²) in [6.07, 6.45) is 2.49. The topological polar surface area (TPSA) is 20.2 Å². The van der Waals surface area contributed by atoms with E-state index in [9.17, 15) is 0 Å². The van der Waals surface area contributed by atoms with E-state index in [4.69, 9.17) is 5.11 Å². The molecule has 0 saturated carbocycles. The number of allylic oxidation sites excluding steroid dienone is 2. The number of aliphatic hydroxyl groups excluding tert-OH is 1. The zero-order valence-corrected chi connectivity index (χ0v) is 6.85. The van der Waals surface area contributed by atoms with Crippen LogP contribution in [-0.4, -0.2) is 11.7 Å². The van der Waals surface area contributed by atoms with E-state index in [1.54, 1.807) is 6.08 Å². The summed E-state index contributed by atoms with van der Waals surface area (Å²) in [4.78, 5) is 0. The minimum absolute atomic E-state index is 0.00347. The molecule has 10 heavy (non-hydrogen) atoms. The molecule has 0 aromatic carbocycles. The van der Waals surface area contributed by atoms with Crippen LogP contribution < -0.4 is 0 Å². The monoisotopic (exact) mass is 140 g/mol. The first-order valence-corrected chi connectivity index (χ1v) is 3.47. The van der Waals surface area contributed by atoms with Gasteiger partial charge in [0.25, 0.3) is 0 Å².